The van der Waals surface area contributed by atoms with Gasteiger partial charge in [-0.05, 0) is 17.7 Å². The first-order chi connectivity index (χ1) is 8.63. The summed E-state index contributed by atoms with van der Waals surface area (Å²) in [6, 6.07) is 4.63. The molecule has 1 aliphatic heterocycles. The molecule has 0 atom stereocenters. The number of nitrogens with zero attached hydrogens (tertiary/aromatic N) is 3. The van der Waals surface area contributed by atoms with E-state index in [1.165, 1.54) is 12.1 Å². The molecule has 18 heavy (non-hydrogen) atoms. The molecule has 0 saturated carbocycles. The number of aromatic nitrogens is 2. The molecular weight excluding hydrogens is 231 g/mol. The van der Waals surface area contributed by atoms with Gasteiger partial charge < -0.3 is 4.90 Å². The highest BCUT2D eigenvalue weighted by Crippen LogP contribution is 2.24. The van der Waals surface area contributed by atoms with Crippen LogP contribution in [0.1, 0.15) is 16.7 Å². The van der Waals surface area contributed by atoms with E-state index >= 15 is 0 Å². The van der Waals surface area contributed by atoms with Crippen LogP contribution < -0.4 is 0 Å². The highest BCUT2D eigenvalue weighted by Gasteiger charge is 2.24. The molecule has 4 nitrogen and oxygen atoms in total. The Morgan fingerprint density at radius 2 is 2.28 bits per heavy atom. The molecule has 92 valence electrons. The molecule has 0 unspecified atom stereocenters. The first kappa shape index (κ1) is 11.0. The Labute approximate surface area is 104 Å². The maximum atomic E-state index is 13.2. The van der Waals surface area contributed by atoms with Gasteiger partial charge >= 0.3 is 0 Å². The van der Waals surface area contributed by atoms with Crippen LogP contribution in [0, 0.1) is 11.2 Å². The summed E-state index contributed by atoms with van der Waals surface area (Å²) in [6.07, 6.45) is 3.72. The molecular formula is C13H13FN4. The zero-order valence-corrected chi connectivity index (χ0v) is 10.0. The number of fused-ring (bicyclic) bond motifs is 1. The van der Waals surface area contributed by atoms with Gasteiger partial charge in [0.15, 0.2) is 0 Å². The molecule has 0 saturated heterocycles. The Morgan fingerprint density at radius 1 is 1.44 bits per heavy atom. The third-order valence-electron chi connectivity index (χ3n) is 3.14. The van der Waals surface area contributed by atoms with Crippen molar-refractivity contribution in [3.05, 3.63) is 53.1 Å². The van der Waals surface area contributed by atoms with Crippen LogP contribution in [0.25, 0.3) is 0 Å². The van der Waals surface area contributed by atoms with Gasteiger partial charge in [0.25, 0.3) is 0 Å². The van der Waals surface area contributed by atoms with Crippen LogP contribution >= 0.6 is 0 Å². The van der Waals surface area contributed by atoms with E-state index in [1.807, 2.05) is 18.1 Å². The third-order valence-corrected chi connectivity index (χ3v) is 3.14. The highest BCUT2D eigenvalue weighted by atomic mass is 19.1. The number of nitrogens with one attached hydrogen (secondary N) is 1. The predicted molar refractivity (Wildman–Crippen MR) is 65.7 cm³/mol. The Morgan fingerprint density at radius 3 is 3.00 bits per heavy atom. The van der Waals surface area contributed by atoms with Crippen molar-refractivity contribution in [1.82, 2.24) is 14.7 Å². The largest absolute Gasteiger partial charge is 0.348 e. The second-order valence-corrected chi connectivity index (χ2v) is 4.53. The van der Waals surface area contributed by atoms with Crippen LogP contribution in [0.2, 0.25) is 0 Å². The molecule has 2 aromatic rings. The van der Waals surface area contributed by atoms with Gasteiger partial charge in [-0.25, -0.2) is 4.39 Å². The van der Waals surface area contributed by atoms with E-state index in [9.17, 15) is 4.39 Å². The Kier molecular flexibility index (Phi) is 2.40. The van der Waals surface area contributed by atoms with Crippen molar-refractivity contribution in [2.75, 3.05) is 0 Å². The third kappa shape index (κ3) is 1.77. The summed E-state index contributed by atoms with van der Waals surface area (Å²) in [4.78, 5) is 1.92. The van der Waals surface area contributed by atoms with Gasteiger partial charge in [-0.1, -0.05) is 6.07 Å². The fraction of sp³-hybridized carbons (Fsp3) is 0.231. The van der Waals surface area contributed by atoms with Crippen molar-refractivity contribution in [1.29, 1.82) is 5.41 Å². The topological polar surface area (TPSA) is 44.9 Å². The summed E-state index contributed by atoms with van der Waals surface area (Å²) in [5, 5.41) is 12.2. The van der Waals surface area contributed by atoms with Crippen LogP contribution in [0.4, 0.5) is 4.39 Å². The quantitative estimate of drug-likeness (QED) is 0.877. The predicted octanol–water partition coefficient (Wildman–Crippen LogP) is 1.90. The van der Waals surface area contributed by atoms with Gasteiger partial charge in [0, 0.05) is 37.5 Å². The smallest absolute Gasteiger partial charge is 0.129 e. The second kappa shape index (κ2) is 3.94. The van der Waals surface area contributed by atoms with E-state index in [0.717, 1.165) is 11.1 Å². The molecule has 0 bridgehead atoms. The minimum atomic E-state index is -0.290. The number of rotatable bonds is 2. The fourth-order valence-electron chi connectivity index (χ4n) is 2.27. The summed E-state index contributed by atoms with van der Waals surface area (Å²) in [5.41, 5.74) is 2.75. The second-order valence-electron chi connectivity index (χ2n) is 4.53. The lowest BCUT2D eigenvalue weighted by atomic mass is 10.1. The van der Waals surface area contributed by atoms with Crippen LogP contribution in [0.3, 0.4) is 0 Å². The zero-order valence-electron chi connectivity index (χ0n) is 10.0. The van der Waals surface area contributed by atoms with Crippen LogP contribution in [-0.2, 0) is 20.1 Å². The number of aryl methyl sites for hydroxylation is 1. The molecule has 3 rings (SSSR count). The molecule has 5 heteroatoms. The summed E-state index contributed by atoms with van der Waals surface area (Å²) in [5.74, 6) is 0.0927. The number of halogens is 1. The molecule has 1 aromatic heterocycles. The van der Waals surface area contributed by atoms with Crippen molar-refractivity contribution >= 4 is 5.84 Å². The van der Waals surface area contributed by atoms with Gasteiger partial charge in [0.05, 0.1) is 6.20 Å². The van der Waals surface area contributed by atoms with E-state index in [-0.39, 0.29) is 5.82 Å². The summed E-state index contributed by atoms with van der Waals surface area (Å²) in [6.45, 7) is 1.28. The van der Waals surface area contributed by atoms with Crippen molar-refractivity contribution in [2.24, 2.45) is 7.05 Å². The molecule has 0 amide bonds. The monoisotopic (exact) mass is 244 g/mol. The van der Waals surface area contributed by atoms with E-state index < -0.39 is 0 Å². The molecule has 0 radical (unpaired) electrons. The standard InChI is InChI=1S/C13H13FN4/c1-17-6-9(5-16-17)7-18-8-10-2-3-11(14)4-12(10)13(18)15/h2-6,15H,7-8H2,1H3. The lowest BCUT2D eigenvalue weighted by Gasteiger charge is -2.16. The first-order valence-corrected chi connectivity index (χ1v) is 5.73. The number of amidine groups is 1. The summed E-state index contributed by atoms with van der Waals surface area (Å²) < 4.78 is 14.9. The molecule has 0 aliphatic carbocycles. The van der Waals surface area contributed by atoms with Gasteiger partial charge in [-0.3, -0.25) is 10.1 Å². The van der Waals surface area contributed by atoms with Gasteiger partial charge in [0.2, 0.25) is 0 Å². The Bertz CT molecular complexity index is 617. The molecule has 2 heterocycles. The minimum absolute atomic E-state index is 0.290. The SMILES string of the molecule is Cn1cc(CN2Cc3ccc(F)cc3C2=N)cn1. The Balaban J connectivity index is 1.84. The average Bonchev–Trinajstić information content (AvgIpc) is 2.86. The molecule has 1 N–H and O–H groups in total. The van der Waals surface area contributed by atoms with Crippen molar-refractivity contribution in [3.63, 3.8) is 0 Å². The normalized spacial score (nSPS) is 14.1. The van der Waals surface area contributed by atoms with Gasteiger partial charge in [-0.15, -0.1) is 0 Å². The Hall–Kier alpha value is -2.17. The lowest BCUT2D eigenvalue weighted by Crippen LogP contribution is -2.23. The molecule has 0 spiro atoms. The summed E-state index contributed by atoms with van der Waals surface area (Å²) in [7, 11) is 1.86. The maximum absolute atomic E-state index is 13.2. The molecule has 0 fully saturated rings. The van der Waals surface area contributed by atoms with E-state index in [2.05, 4.69) is 5.10 Å². The first-order valence-electron chi connectivity index (χ1n) is 5.73. The molecule has 1 aromatic carbocycles. The highest BCUT2D eigenvalue weighted by molar-refractivity contribution is 6.00. The van der Waals surface area contributed by atoms with Gasteiger partial charge in [0.1, 0.15) is 11.7 Å². The number of hydrogen-bond acceptors (Lipinski definition) is 2. The van der Waals surface area contributed by atoms with Crippen molar-refractivity contribution < 1.29 is 4.39 Å². The lowest BCUT2D eigenvalue weighted by molar-refractivity contribution is 0.422. The van der Waals surface area contributed by atoms with Crippen molar-refractivity contribution in [3.8, 4) is 0 Å². The maximum Gasteiger partial charge on any atom is 0.129 e. The van der Waals surface area contributed by atoms with Crippen LogP contribution in [0.5, 0.6) is 0 Å². The summed E-state index contributed by atoms with van der Waals surface area (Å²) >= 11 is 0. The van der Waals surface area contributed by atoms with E-state index in [0.29, 0.717) is 24.5 Å². The number of hydrogen-bond donors (Lipinski definition) is 1. The van der Waals surface area contributed by atoms with Gasteiger partial charge in [-0.2, -0.15) is 5.10 Å². The van der Waals surface area contributed by atoms with Crippen LogP contribution in [0.15, 0.2) is 30.6 Å². The molecule has 1 aliphatic rings. The minimum Gasteiger partial charge on any atom is -0.348 e. The number of benzene rings is 1. The van der Waals surface area contributed by atoms with Crippen molar-refractivity contribution in [2.45, 2.75) is 13.1 Å². The van der Waals surface area contributed by atoms with E-state index in [1.54, 1.807) is 16.9 Å². The zero-order chi connectivity index (χ0) is 12.7. The average molecular weight is 244 g/mol. The van der Waals surface area contributed by atoms with Crippen LogP contribution in [-0.4, -0.2) is 20.5 Å². The fourth-order valence-corrected chi connectivity index (χ4v) is 2.27. The van der Waals surface area contributed by atoms with E-state index in [4.69, 9.17) is 5.41 Å².